The Morgan fingerprint density at radius 2 is 2.24 bits per heavy atom. The maximum absolute atomic E-state index is 8.96. The van der Waals surface area contributed by atoms with Gasteiger partial charge in [-0.15, -0.1) is 11.3 Å². The van der Waals surface area contributed by atoms with E-state index in [-0.39, 0.29) is 6.10 Å². The summed E-state index contributed by atoms with van der Waals surface area (Å²) in [5, 5.41) is 13.1. The molecule has 0 aliphatic heterocycles. The van der Waals surface area contributed by atoms with Gasteiger partial charge in [0.25, 0.3) is 0 Å². The van der Waals surface area contributed by atoms with E-state index in [0.29, 0.717) is 16.3 Å². The Hall–Kier alpha value is -1.41. The maximum atomic E-state index is 8.96. The number of nitrogens with zero attached hydrogens (tertiary/aromatic N) is 1. The minimum absolute atomic E-state index is 0.0465. The van der Waals surface area contributed by atoms with Crippen molar-refractivity contribution in [3.63, 3.8) is 0 Å². The summed E-state index contributed by atoms with van der Waals surface area (Å²) < 4.78 is 5.66. The van der Waals surface area contributed by atoms with Crippen molar-refractivity contribution in [2.75, 3.05) is 17.6 Å². The number of rotatable bonds is 6. The smallest absolute Gasteiger partial charge is 0.178 e. The third kappa shape index (κ3) is 3.53. The van der Waals surface area contributed by atoms with Crippen LogP contribution >= 0.6 is 11.3 Å². The minimum Gasteiger partial charge on any atom is -0.486 e. The molecular formula is C12H19N3OS. The first kappa shape index (κ1) is 13.7. The summed E-state index contributed by atoms with van der Waals surface area (Å²) in [7, 11) is 0. The number of hydrogen-bond acceptors (Lipinski definition) is 5. The summed E-state index contributed by atoms with van der Waals surface area (Å²) in [4.78, 5) is 0.514. The van der Waals surface area contributed by atoms with Gasteiger partial charge < -0.3 is 15.8 Å². The molecule has 0 aliphatic carbocycles. The molecule has 3 N–H and O–H groups in total. The summed E-state index contributed by atoms with van der Waals surface area (Å²) in [6.45, 7) is 6.89. The van der Waals surface area contributed by atoms with Crippen LogP contribution in [0.2, 0.25) is 0 Å². The van der Waals surface area contributed by atoms with E-state index in [1.54, 1.807) is 0 Å². The highest BCUT2D eigenvalue weighted by Crippen LogP contribution is 2.42. The molecule has 5 heteroatoms. The molecule has 1 rings (SSSR count). The normalized spacial score (nSPS) is 10.3. The predicted molar refractivity (Wildman–Crippen MR) is 72.6 cm³/mol. The van der Waals surface area contributed by atoms with E-state index < -0.39 is 0 Å². The zero-order valence-corrected chi connectivity index (χ0v) is 11.4. The lowest BCUT2D eigenvalue weighted by Crippen LogP contribution is -2.09. The first-order chi connectivity index (χ1) is 8.10. The van der Waals surface area contributed by atoms with Gasteiger partial charge in [-0.2, -0.15) is 5.26 Å². The quantitative estimate of drug-likeness (QED) is 0.764. The molecule has 0 atom stereocenters. The first-order valence-corrected chi connectivity index (χ1v) is 6.64. The molecule has 0 amide bonds. The lowest BCUT2D eigenvalue weighted by Gasteiger charge is -2.12. The largest absolute Gasteiger partial charge is 0.486 e. The Kier molecular flexibility index (Phi) is 5.11. The standard InChI is InChI=1S/C12H19N3OS/c1-4-5-6-15-12-11(16-8(2)3)10(14)9(7-13)17-12/h8,15H,4-6,14H2,1-3H3. The van der Waals surface area contributed by atoms with Gasteiger partial charge in [-0.25, -0.2) is 0 Å². The van der Waals surface area contributed by atoms with Gasteiger partial charge in [-0.1, -0.05) is 13.3 Å². The summed E-state index contributed by atoms with van der Waals surface area (Å²) in [5.74, 6) is 0.623. The fourth-order valence-electron chi connectivity index (χ4n) is 1.36. The first-order valence-electron chi connectivity index (χ1n) is 5.83. The summed E-state index contributed by atoms with van der Waals surface area (Å²) in [6, 6.07) is 2.09. The van der Waals surface area contributed by atoms with Gasteiger partial charge in [0.2, 0.25) is 0 Å². The van der Waals surface area contributed by atoms with Crippen molar-refractivity contribution in [1.82, 2.24) is 0 Å². The van der Waals surface area contributed by atoms with Crippen LogP contribution in [0, 0.1) is 11.3 Å². The Morgan fingerprint density at radius 3 is 2.76 bits per heavy atom. The van der Waals surface area contributed by atoms with Crippen LogP contribution in [0.5, 0.6) is 5.75 Å². The number of ether oxygens (including phenoxy) is 1. The van der Waals surface area contributed by atoms with Crippen molar-refractivity contribution in [2.24, 2.45) is 0 Å². The average Bonchev–Trinajstić information content (AvgIpc) is 2.57. The minimum atomic E-state index is 0.0465. The second-order valence-corrected chi connectivity index (χ2v) is 5.08. The number of thiophene rings is 1. The zero-order valence-electron chi connectivity index (χ0n) is 10.5. The number of nitrogens with two attached hydrogens (primary N) is 1. The summed E-state index contributed by atoms with van der Waals surface area (Å²) in [5.41, 5.74) is 6.34. The number of nitrogen functional groups attached to an aromatic ring is 1. The second kappa shape index (κ2) is 6.36. The molecule has 4 nitrogen and oxygen atoms in total. The molecule has 0 aromatic carbocycles. The Morgan fingerprint density at radius 1 is 1.53 bits per heavy atom. The van der Waals surface area contributed by atoms with Crippen LogP contribution < -0.4 is 15.8 Å². The summed E-state index contributed by atoms with van der Waals surface area (Å²) in [6.07, 6.45) is 2.25. The molecule has 0 fully saturated rings. The molecule has 0 bridgehead atoms. The Labute approximate surface area is 106 Å². The number of nitriles is 1. The molecule has 0 spiro atoms. The zero-order chi connectivity index (χ0) is 12.8. The maximum Gasteiger partial charge on any atom is 0.178 e. The van der Waals surface area contributed by atoms with Crippen LogP contribution in [-0.4, -0.2) is 12.6 Å². The Bertz CT molecular complexity index is 407. The molecule has 0 radical (unpaired) electrons. The molecule has 1 aromatic heterocycles. The number of nitrogens with one attached hydrogen (secondary N) is 1. The molecule has 1 heterocycles. The molecule has 0 unspecified atom stereocenters. The molecule has 17 heavy (non-hydrogen) atoms. The van der Waals surface area contributed by atoms with Gasteiger partial charge in [0.1, 0.15) is 21.6 Å². The number of unbranched alkanes of at least 4 members (excludes halogenated alkanes) is 1. The number of anilines is 2. The second-order valence-electron chi connectivity index (χ2n) is 4.06. The van der Waals surface area contributed by atoms with E-state index >= 15 is 0 Å². The van der Waals surface area contributed by atoms with E-state index in [2.05, 4.69) is 18.3 Å². The van der Waals surface area contributed by atoms with Crippen LogP contribution in [0.3, 0.4) is 0 Å². The average molecular weight is 253 g/mol. The van der Waals surface area contributed by atoms with E-state index in [1.165, 1.54) is 11.3 Å². The van der Waals surface area contributed by atoms with Crippen molar-refractivity contribution in [3.05, 3.63) is 4.88 Å². The van der Waals surface area contributed by atoms with Crippen LogP contribution in [0.25, 0.3) is 0 Å². The van der Waals surface area contributed by atoms with E-state index in [4.69, 9.17) is 15.7 Å². The van der Waals surface area contributed by atoms with Crippen LogP contribution in [-0.2, 0) is 0 Å². The van der Waals surface area contributed by atoms with E-state index in [9.17, 15) is 0 Å². The van der Waals surface area contributed by atoms with Crippen molar-refractivity contribution >= 4 is 22.0 Å². The van der Waals surface area contributed by atoms with Crippen molar-refractivity contribution in [1.29, 1.82) is 5.26 Å². The molecular weight excluding hydrogens is 234 g/mol. The van der Waals surface area contributed by atoms with Gasteiger partial charge in [0.05, 0.1) is 6.10 Å². The van der Waals surface area contributed by atoms with Crippen LogP contribution in [0.1, 0.15) is 38.5 Å². The van der Waals surface area contributed by atoms with Crippen LogP contribution in [0.15, 0.2) is 0 Å². The highest BCUT2D eigenvalue weighted by atomic mass is 32.1. The summed E-state index contributed by atoms with van der Waals surface area (Å²) >= 11 is 1.36. The van der Waals surface area contributed by atoms with Gasteiger partial charge in [-0.3, -0.25) is 0 Å². The van der Waals surface area contributed by atoms with E-state index in [0.717, 1.165) is 24.4 Å². The fourth-order valence-corrected chi connectivity index (χ4v) is 2.24. The number of hydrogen-bond donors (Lipinski definition) is 2. The molecule has 0 aliphatic rings. The highest BCUT2D eigenvalue weighted by Gasteiger charge is 2.17. The predicted octanol–water partition coefficient (Wildman–Crippen LogP) is 3.20. The van der Waals surface area contributed by atoms with Gasteiger partial charge >= 0.3 is 0 Å². The van der Waals surface area contributed by atoms with E-state index in [1.807, 2.05) is 13.8 Å². The third-order valence-electron chi connectivity index (χ3n) is 2.17. The van der Waals surface area contributed by atoms with Gasteiger partial charge in [0.15, 0.2) is 5.75 Å². The molecule has 0 saturated heterocycles. The molecule has 1 aromatic rings. The lowest BCUT2D eigenvalue weighted by molar-refractivity contribution is 0.246. The van der Waals surface area contributed by atoms with Crippen molar-refractivity contribution < 1.29 is 4.74 Å². The SMILES string of the molecule is CCCCNc1sc(C#N)c(N)c1OC(C)C. The lowest BCUT2D eigenvalue weighted by atomic mass is 10.3. The monoisotopic (exact) mass is 253 g/mol. The topological polar surface area (TPSA) is 71.1 Å². The Balaban J connectivity index is 2.89. The molecule has 94 valence electrons. The van der Waals surface area contributed by atoms with Crippen molar-refractivity contribution in [2.45, 2.75) is 39.7 Å². The third-order valence-corrected chi connectivity index (χ3v) is 3.22. The van der Waals surface area contributed by atoms with Gasteiger partial charge in [-0.05, 0) is 20.3 Å². The molecule has 0 saturated carbocycles. The van der Waals surface area contributed by atoms with Crippen LogP contribution in [0.4, 0.5) is 10.7 Å². The highest BCUT2D eigenvalue weighted by molar-refractivity contribution is 7.17. The fraction of sp³-hybridized carbons (Fsp3) is 0.583. The van der Waals surface area contributed by atoms with Crippen molar-refractivity contribution in [3.8, 4) is 11.8 Å². The van der Waals surface area contributed by atoms with Gasteiger partial charge in [0, 0.05) is 6.54 Å².